The molecular formula is C24H26N4O3. The minimum absolute atomic E-state index is 0.0467. The molecule has 1 unspecified atom stereocenters. The molecule has 31 heavy (non-hydrogen) atoms. The Morgan fingerprint density at radius 2 is 1.81 bits per heavy atom. The maximum absolute atomic E-state index is 13.3. The van der Waals surface area contributed by atoms with Crippen LogP contribution in [0.25, 0.3) is 11.0 Å². The first kappa shape index (κ1) is 20.7. The third-order valence-electron chi connectivity index (χ3n) is 5.88. The van der Waals surface area contributed by atoms with Crippen LogP contribution < -0.4 is 10.4 Å². The van der Waals surface area contributed by atoms with Crippen molar-refractivity contribution in [2.24, 2.45) is 5.92 Å². The normalized spacial score (nSPS) is 15.7. The van der Waals surface area contributed by atoms with Crippen LogP contribution in [0.4, 0.5) is 0 Å². The number of amides is 1. The number of para-hydroxylation sites is 3. The number of aromatic amines is 1. The first-order valence-corrected chi connectivity index (χ1v) is 10.6. The number of aromatic nitrogens is 2. The standard InChI is InChI=1S/C24H26N4O3/c1-16(2)22(31-21-10-6-3-7-17(21)15-25)23(29)27-13-11-18(12-14-27)28-20-9-5-4-8-19(20)26-24(28)30/h3-10,16,18,22H,11-14H2,1-2H3,(H,26,30). The van der Waals surface area contributed by atoms with E-state index >= 15 is 0 Å². The summed E-state index contributed by atoms with van der Waals surface area (Å²) in [6.07, 6.45) is 0.738. The molecule has 3 aromatic rings. The largest absolute Gasteiger partial charge is 0.479 e. The number of imidazole rings is 1. The molecule has 1 fully saturated rings. The first-order chi connectivity index (χ1) is 15.0. The Kier molecular flexibility index (Phi) is 5.81. The second kappa shape index (κ2) is 8.68. The minimum Gasteiger partial charge on any atom is -0.479 e. The number of nitriles is 1. The van der Waals surface area contributed by atoms with Crippen LogP contribution >= 0.6 is 0 Å². The lowest BCUT2D eigenvalue weighted by Gasteiger charge is -2.35. The number of hydrogen-bond acceptors (Lipinski definition) is 4. The van der Waals surface area contributed by atoms with Crippen LogP contribution in [0.3, 0.4) is 0 Å². The molecule has 0 saturated carbocycles. The summed E-state index contributed by atoms with van der Waals surface area (Å²) in [5.74, 6) is 0.304. The number of ether oxygens (including phenoxy) is 1. The third-order valence-corrected chi connectivity index (χ3v) is 5.88. The van der Waals surface area contributed by atoms with Crippen molar-refractivity contribution in [1.82, 2.24) is 14.5 Å². The first-order valence-electron chi connectivity index (χ1n) is 10.6. The van der Waals surface area contributed by atoms with E-state index in [1.165, 1.54) is 0 Å². The monoisotopic (exact) mass is 418 g/mol. The molecule has 4 rings (SSSR count). The summed E-state index contributed by atoms with van der Waals surface area (Å²) < 4.78 is 7.83. The fourth-order valence-corrected chi connectivity index (χ4v) is 4.23. The molecule has 1 aliphatic heterocycles. The summed E-state index contributed by atoms with van der Waals surface area (Å²) in [6.45, 7) is 5.00. The number of carbonyl (C=O) groups is 1. The second-order valence-corrected chi connectivity index (χ2v) is 8.26. The molecule has 7 heteroatoms. The number of nitrogens with one attached hydrogen (secondary N) is 1. The molecule has 0 radical (unpaired) electrons. The Labute approximate surface area is 180 Å². The van der Waals surface area contributed by atoms with E-state index in [1.807, 2.05) is 47.6 Å². The number of nitrogens with zero attached hydrogens (tertiary/aromatic N) is 3. The van der Waals surface area contributed by atoms with Gasteiger partial charge in [-0.1, -0.05) is 38.1 Å². The van der Waals surface area contributed by atoms with Crippen molar-refractivity contribution in [3.8, 4) is 11.8 Å². The van der Waals surface area contributed by atoms with E-state index in [4.69, 9.17) is 4.74 Å². The van der Waals surface area contributed by atoms with E-state index in [1.54, 1.807) is 24.3 Å². The van der Waals surface area contributed by atoms with Gasteiger partial charge in [-0.15, -0.1) is 0 Å². The Bertz CT molecular complexity index is 1180. The van der Waals surface area contributed by atoms with Gasteiger partial charge in [0.05, 0.1) is 16.6 Å². The van der Waals surface area contributed by atoms with E-state index in [9.17, 15) is 14.9 Å². The Morgan fingerprint density at radius 3 is 2.52 bits per heavy atom. The predicted molar refractivity (Wildman–Crippen MR) is 118 cm³/mol. The lowest BCUT2D eigenvalue weighted by atomic mass is 10.0. The summed E-state index contributed by atoms with van der Waals surface area (Å²) >= 11 is 0. The zero-order valence-electron chi connectivity index (χ0n) is 17.7. The number of benzene rings is 2. The molecule has 2 aromatic carbocycles. The van der Waals surface area contributed by atoms with Gasteiger partial charge < -0.3 is 14.6 Å². The zero-order valence-corrected chi connectivity index (χ0v) is 17.7. The number of H-pyrrole nitrogens is 1. The highest BCUT2D eigenvalue weighted by atomic mass is 16.5. The van der Waals surface area contributed by atoms with Crippen LogP contribution in [0.1, 0.15) is 38.3 Å². The molecule has 1 saturated heterocycles. The molecule has 0 bridgehead atoms. The van der Waals surface area contributed by atoms with Crippen LogP contribution in [0, 0.1) is 17.2 Å². The maximum Gasteiger partial charge on any atom is 0.326 e. The number of piperidine rings is 1. The summed E-state index contributed by atoms with van der Waals surface area (Å²) in [5, 5.41) is 9.32. The minimum atomic E-state index is -0.665. The molecule has 1 N–H and O–H groups in total. The van der Waals surface area contributed by atoms with Gasteiger partial charge >= 0.3 is 5.69 Å². The molecule has 160 valence electrons. The summed E-state index contributed by atoms with van der Waals surface area (Å²) in [7, 11) is 0. The molecule has 1 atom stereocenters. The topological polar surface area (TPSA) is 91.1 Å². The van der Waals surface area contributed by atoms with Gasteiger partial charge in [0.25, 0.3) is 5.91 Å². The van der Waals surface area contributed by atoms with Crippen LogP contribution in [0.5, 0.6) is 5.75 Å². The van der Waals surface area contributed by atoms with E-state index in [0.29, 0.717) is 37.2 Å². The van der Waals surface area contributed by atoms with Crippen molar-refractivity contribution in [1.29, 1.82) is 5.26 Å². The van der Waals surface area contributed by atoms with Crippen molar-refractivity contribution < 1.29 is 9.53 Å². The van der Waals surface area contributed by atoms with Gasteiger partial charge in [-0.05, 0) is 43.0 Å². The van der Waals surface area contributed by atoms with Gasteiger partial charge in [-0.3, -0.25) is 9.36 Å². The predicted octanol–water partition coefficient (Wildman–Crippen LogP) is 3.47. The average Bonchev–Trinajstić information content (AvgIpc) is 3.12. The number of fused-ring (bicyclic) bond motifs is 1. The van der Waals surface area contributed by atoms with Gasteiger partial charge in [0.2, 0.25) is 0 Å². The lowest BCUT2D eigenvalue weighted by Crippen LogP contribution is -2.48. The van der Waals surface area contributed by atoms with E-state index in [2.05, 4.69) is 11.1 Å². The van der Waals surface area contributed by atoms with Crippen molar-refractivity contribution >= 4 is 16.9 Å². The van der Waals surface area contributed by atoms with Crippen molar-refractivity contribution in [2.75, 3.05) is 13.1 Å². The van der Waals surface area contributed by atoms with E-state index < -0.39 is 6.10 Å². The van der Waals surface area contributed by atoms with Gasteiger partial charge in [0.15, 0.2) is 6.10 Å². The number of rotatable bonds is 5. The fraction of sp³-hybridized carbons (Fsp3) is 0.375. The maximum atomic E-state index is 13.3. The molecule has 7 nitrogen and oxygen atoms in total. The number of carbonyl (C=O) groups excluding carboxylic acids is 1. The highest BCUT2D eigenvalue weighted by molar-refractivity contribution is 5.82. The summed E-state index contributed by atoms with van der Waals surface area (Å²) in [5.41, 5.74) is 2.03. The van der Waals surface area contributed by atoms with E-state index in [-0.39, 0.29) is 23.6 Å². The fourth-order valence-electron chi connectivity index (χ4n) is 4.23. The Balaban J connectivity index is 1.48. The van der Waals surface area contributed by atoms with E-state index in [0.717, 1.165) is 11.0 Å². The lowest BCUT2D eigenvalue weighted by molar-refractivity contribution is -0.142. The molecular weight excluding hydrogens is 392 g/mol. The number of likely N-dealkylation sites (tertiary alicyclic amines) is 1. The number of hydrogen-bond donors (Lipinski definition) is 1. The van der Waals surface area contributed by atoms with Gasteiger partial charge in [-0.2, -0.15) is 5.26 Å². The molecule has 1 amide bonds. The smallest absolute Gasteiger partial charge is 0.326 e. The van der Waals surface area contributed by atoms with Crippen molar-refractivity contribution in [3.63, 3.8) is 0 Å². The van der Waals surface area contributed by atoms with Gasteiger partial charge in [0, 0.05) is 19.1 Å². The Hall–Kier alpha value is -3.53. The van der Waals surface area contributed by atoms with Gasteiger partial charge in [0.1, 0.15) is 11.8 Å². The van der Waals surface area contributed by atoms with Crippen LogP contribution in [-0.2, 0) is 4.79 Å². The molecule has 2 heterocycles. The highest BCUT2D eigenvalue weighted by Gasteiger charge is 2.33. The van der Waals surface area contributed by atoms with Crippen LogP contribution in [0.2, 0.25) is 0 Å². The molecule has 0 spiro atoms. The summed E-state index contributed by atoms with van der Waals surface area (Å²) in [6, 6.07) is 16.8. The van der Waals surface area contributed by atoms with Gasteiger partial charge in [-0.25, -0.2) is 4.79 Å². The quantitative estimate of drug-likeness (QED) is 0.687. The van der Waals surface area contributed by atoms with Crippen molar-refractivity contribution in [2.45, 2.75) is 38.8 Å². The van der Waals surface area contributed by atoms with Crippen LogP contribution in [-0.4, -0.2) is 39.6 Å². The van der Waals surface area contributed by atoms with Crippen molar-refractivity contribution in [3.05, 3.63) is 64.6 Å². The zero-order chi connectivity index (χ0) is 22.0. The second-order valence-electron chi connectivity index (χ2n) is 8.26. The Morgan fingerprint density at radius 1 is 1.13 bits per heavy atom. The highest BCUT2D eigenvalue weighted by Crippen LogP contribution is 2.27. The average molecular weight is 418 g/mol. The molecule has 1 aromatic heterocycles. The molecule has 0 aliphatic carbocycles. The summed E-state index contributed by atoms with van der Waals surface area (Å²) in [4.78, 5) is 30.5. The molecule has 1 aliphatic rings. The SMILES string of the molecule is CC(C)C(Oc1ccccc1C#N)C(=O)N1CCC(n2c(=O)[nH]c3ccccc32)CC1. The third kappa shape index (κ3) is 4.06. The van der Waals surface area contributed by atoms with Crippen LogP contribution in [0.15, 0.2) is 53.3 Å².